The smallest absolute Gasteiger partial charge is 0.315 e. The summed E-state index contributed by atoms with van der Waals surface area (Å²) in [6.07, 6.45) is 4.90. The van der Waals surface area contributed by atoms with Crippen molar-refractivity contribution in [3.8, 4) is 0 Å². The fourth-order valence-electron chi connectivity index (χ4n) is 2.67. The minimum Gasteiger partial charge on any atom is -0.481 e. The second kappa shape index (κ2) is 6.67. The number of hydrogen-bond donors (Lipinski definition) is 3. The van der Waals surface area contributed by atoms with Gasteiger partial charge in [0.2, 0.25) is 0 Å². The Morgan fingerprint density at radius 2 is 1.71 bits per heavy atom. The van der Waals surface area contributed by atoms with Gasteiger partial charge in [-0.3, -0.25) is 4.79 Å². The van der Waals surface area contributed by atoms with Crippen molar-refractivity contribution in [3.05, 3.63) is 0 Å². The van der Waals surface area contributed by atoms with Crippen LogP contribution in [-0.4, -0.2) is 29.2 Å². The monoisotopic (exact) mass is 298 g/mol. The molecule has 2 unspecified atom stereocenters. The van der Waals surface area contributed by atoms with Gasteiger partial charge in [0.05, 0.1) is 11.0 Å². The largest absolute Gasteiger partial charge is 0.481 e. The summed E-state index contributed by atoms with van der Waals surface area (Å²) in [6.45, 7) is 9.63. The number of aliphatic carboxylic acids is 1. The molecule has 1 aliphatic carbocycles. The molecule has 2 atom stereocenters. The summed E-state index contributed by atoms with van der Waals surface area (Å²) in [4.78, 5) is 23.4. The molecular formula is C16H30N2O3. The number of amides is 2. The number of hydrogen-bond acceptors (Lipinski definition) is 2. The van der Waals surface area contributed by atoms with Gasteiger partial charge >= 0.3 is 12.0 Å². The van der Waals surface area contributed by atoms with Crippen molar-refractivity contribution in [2.24, 2.45) is 17.3 Å². The summed E-state index contributed by atoms with van der Waals surface area (Å²) in [5.74, 6) is 0.247. The highest BCUT2D eigenvalue weighted by molar-refractivity contribution is 5.79. The number of nitrogens with one attached hydrogen (secondary N) is 2. The van der Waals surface area contributed by atoms with Crippen molar-refractivity contribution >= 4 is 12.0 Å². The molecule has 5 heteroatoms. The van der Waals surface area contributed by atoms with Crippen molar-refractivity contribution in [2.45, 2.75) is 65.8 Å². The minimum atomic E-state index is -1.04. The van der Waals surface area contributed by atoms with Crippen LogP contribution in [0.15, 0.2) is 0 Å². The fourth-order valence-corrected chi connectivity index (χ4v) is 2.67. The fraction of sp³-hybridized carbons (Fsp3) is 0.875. The van der Waals surface area contributed by atoms with Gasteiger partial charge < -0.3 is 15.7 Å². The van der Waals surface area contributed by atoms with Crippen LogP contribution in [0.3, 0.4) is 0 Å². The van der Waals surface area contributed by atoms with Gasteiger partial charge in [0.15, 0.2) is 0 Å². The molecule has 0 spiro atoms. The van der Waals surface area contributed by atoms with Crippen molar-refractivity contribution in [3.63, 3.8) is 0 Å². The molecule has 0 aliphatic heterocycles. The lowest BCUT2D eigenvalue weighted by Crippen LogP contribution is -2.59. The molecule has 1 rings (SSSR count). The topological polar surface area (TPSA) is 78.4 Å². The predicted molar refractivity (Wildman–Crippen MR) is 83.2 cm³/mol. The third-order valence-corrected chi connectivity index (χ3v) is 5.34. The van der Waals surface area contributed by atoms with Crippen LogP contribution < -0.4 is 10.6 Å². The zero-order chi connectivity index (χ0) is 16.3. The van der Waals surface area contributed by atoms with E-state index in [1.807, 2.05) is 0 Å². The Balaban J connectivity index is 2.51. The van der Waals surface area contributed by atoms with Gasteiger partial charge in [0.1, 0.15) is 0 Å². The van der Waals surface area contributed by atoms with E-state index in [2.05, 4.69) is 17.6 Å². The van der Waals surface area contributed by atoms with E-state index in [9.17, 15) is 14.7 Å². The average Bonchev–Trinajstić information content (AvgIpc) is 2.36. The molecule has 0 bridgehead atoms. The van der Waals surface area contributed by atoms with Crippen LogP contribution in [0.1, 0.15) is 60.3 Å². The van der Waals surface area contributed by atoms with E-state index in [0.717, 1.165) is 6.42 Å². The lowest BCUT2D eigenvalue weighted by Gasteiger charge is -2.39. The Bertz CT molecular complexity index is 391. The Hall–Kier alpha value is -1.26. The van der Waals surface area contributed by atoms with Gasteiger partial charge in [0, 0.05) is 6.54 Å². The summed E-state index contributed by atoms with van der Waals surface area (Å²) in [5.41, 5.74) is -1.87. The molecule has 0 heterocycles. The van der Waals surface area contributed by atoms with Crippen LogP contribution in [-0.2, 0) is 4.79 Å². The quantitative estimate of drug-likeness (QED) is 0.730. The average molecular weight is 298 g/mol. The molecule has 0 saturated heterocycles. The highest BCUT2D eigenvalue weighted by Gasteiger charge is 2.44. The third kappa shape index (κ3) is 4.35. The summed E-state index contributed by atoms with van der Waals surface area (Å²) in [7, 11) is 0. The van der Waals surface area contributed by atoms with Gasteiger partial charge in [-0.2, -0.15) is 0 Å². The minimum absolute atomic E-state index is 0.285. The van der Waals surface area contributed by atoms with Crippen LogP contribution in [0.25, 0.3) is 0 Å². The van der Waals surface area contributed by atoms with E-state index >= 15 is 0 Å². The lowest BCUT2D eigenvalue weighted by molar-refractivity contribution is -0.150. The molecule has 5 nitrogen and oxygen atoms in total. The zero-order valence-electron chi connectivity index (χ0n) is 14.0. The van der Waals surface area contributed by atoms with Gasteiger partial charge in [0.25, 0.3) is 0 Å². The van der Waals surface area contributed by atoms with Crippen molar-refractivity contribution in [2.75, 3.05) is 6.54 Å². The number of carboxylic acid groups (broad SMARTS) is 1. The number of carbonyl (C=O) groups excluding carboxylic acids is 1. The molecule has 2 amide bonds. The Morgan fingerprint density at radius 3 is 2.24 bits per heavy atom. The Kier molecular flexibility index (Phi) is 5.65. The van der Waals surface area contributed by atoms with Gasteiger partial charge in [-0.25, -0.2) is 4.79 Å². The second-order valence-electron chi connectivity index (χ2n) is 7.41. The van der Waals surface area contributed by atoms with Crippen LogP contribution >= 0.6 is 0 Å². The molecule has 0 aromatic rings. The molecule has 1 fully saturated rings. The van der Waals surface area contributed by atoms with Crippen LogP contribution in [0.5, 0.6) is 0 Å². The van der Waals surface area contributed by atoms with Gasteiger partial charge in [-0.05, 0) is 46.0 Å². The zero-order valence-corrected chi connectivity index (χ0v) is 14.0. The molecule has 0 aromatic heterocycles. The second-order valence-corrected chi connectivity index (χ2v) is 7.41. The van der Waals surface area contributed by atoms with Gasteiger partial charge in [-0.15, -0.1) is 0 Å². The molecular weight excluding hydrogens is 268 g/mol. The molecule has 122 valence electrons. The first-order chi connectivity index (χ1) is 9.58. The lowest BCUT2D eigenvalue weighted by atomic mass is 9.74. The number of carbonyl (C=O) groups is 2. The standard InChI is InChI=1S/C16H30N2O3/c1-11-8-6-7-9-12(11)10-17-14(21)18-16(4,5)15(2,3)13(19)20/h11-12H,6-10H2,1-5H3,(H,19,20)(H2,17,18,21). The van der Waals surface area contributed by atoms with Crippen molar-refractivity contribution in [1.29, 1.82) is 0 Å². The van der Waals surface area contributed by atoms with Crippen LogP contribution in [0.4, 0.5) is 4.79 Å². The highest BCUT2D eigenvalue weighted by atomic mass is 16.4. The maximum Gasteiger partial charge on any atom is 0.315 e. The van der Waals surface area contributed by atoms with Crippen molar-refractivity contribution in [1.82, 2.24) is 10.6 Å². The van der Waals surface area contributed by atoms with Crippen LogP contribution in [0, 0.1) is 17.3 Å². The van der Waals surface area contributed by atoms with Crippen LogP contribution in [0.2, 0.25) is 0 Å². The molecule has 21 heavy (non-hydrogen) atoms. The maximum atomic E-state index is 12.1. The summed E-state index contributed by atoms with van der Waals surface area (Å²) in [5, 5.41) is 15.0. The summed E-state index contributed by atoms with van der Waals surface area (Å²) in [6, 6.07) is -0.285. The van der Waals surface area contributed by atoms with E-state index in [1.165, 1.54) is 19.3 Å². The molecule has 1 aliphatic rings. The SMILES string of the molecule is CC1CCCCC1CNC(=O)NC(C)(C)C(C)(C)C(=O)O. The highest BCUT2D eigenvalue weighted by Crippen LogP contribution is 2.31. The van der Waals surface area contributed by atoms with Gasteiger partial charge in [-0.1, -0.05) is 26.2 Å². The van der Waals surface area contributed by atoms with Crippen molar-refractivity contribution < 1.29 is 14.7 Å². The van der Waals surface area contributed by atoms with E-state index in [0.29, 0.717) is 18.4 Å². The summed E-state index contributed by atoms with van der Waals surface area (Å²) < 4.78 is 0. The number of rotatable bonds is 5. The predicted octanol–water partition coefficient (Wildman–Crippen LogP) is 3.00. The first kappa shape index (κ1) is 17.8. The third-order valence-electron chi connectivity index (χ3n) is 5.34. The van der Waals surface area contributed by atoms with E-state index < -0.39 is 16.9 Å². The number of carboxylic acids is 1. The Labute approximate surface area is 127 Å². The van der Waals surface area contributed by atoms with E-state index in [4.69, 9.17) is 0 Å². The first-order valence-corrected chi connectivity index (χ1v) is 7.87. The molecule has 3 N–H and O–H groups in total. The summed E-state index contributed by atoms with van der Waals surface area (Å²) >= 11 is 0. The first-order valence-electron chi connectivity index (χ1n) is 7.87. The van der Waals surface area contributed by atoms with E-state index in [1.54, 1.807) is 27.7 Å². The molecule has 0 aromatic carbocycles. The maximum absolute atomic E-state index is 12.1. The normalized spacial score (nSPS) is 23.5. The Morgan fingerprint density at radius 1 is 1.14 bits per heavy atom. The van der Waals surface area contributed by atoms with E-state index in [-0.39, 0.29) is 6.03 Å². The molecule has 0 radical (unpaired) electrons. The molecule has 1 saturated carbocycles. The number of urea groups is 1.